The Morgan fingerprint density at radius 3 is 2.17 bits per heavy atom. The van der Waals surface area contributed by atoms with Gasteiger partial charge in [-0.05, 0) is 37.1 Å². The molecule has 5 heteroatoms. The van der Waals surface area contributed by atoms with Crippen LogP contribution in [0.1, 0.15) is 32.3 Å². The van der Waals surface area contributed by atoms with Crippen LogP contribution in [-0.2, 0) is 0 Å². The van der Waals surface area contributed by atoms with Gasteiger partial charge in [-0.25, -0.2) is 0 Å². The van der Waals surface area contributed by atoms with Gasteiger partial charge in [0.1, 0.15) is 5.75 Å². The molecule has 2 atom stereocenters. The minimum Gasteiger partial charge on any atom is -0.406 e. The van der Waals surface area contributed by atoms with E-state index in [1.165, 1.54) is 12.1 Å². The maximum atomic E-state index is 12.0. The zero-order valence-electron chi connectivity index (χ0n) is 10.7. The van der Waals surface area contributed by atoms with Crippen LogP contribution in [0, 0.1) is 0 Å². The van der Waals surface area contributed by atoms with Crippen molar-refractivity contribution in [2.75, 3.05) is 6.54 Å². The van der Waals surface area contributed by atoms with Crippen molar-refractivity contribution < 1.29 is 17.9 Å². The Morgan fingerprint density at radius 1 is 1.17 bits per heavy atom. The lowest BCUT2D eigenvalue weighted by molar-refractivity contribution is -0.274. The predicted molar refractivity (Wildman–Crippen MR) is 64.7 cm³/mol. The van der Waals surface area contributed by atoms with Crippen molar-refractivity contribution in [3.05, 3.63) is 29.8 Å². The normalized spacial score (nSPS) is 15.2. The lowest BCUT2D eigenvalue weighted by Gasteiger charge is -2.21. The Bertz CT molecular complexity index is 361. The molecule has 0 aliphatic heterocycles. The molecule has 1 N–H and O–H groups in total. The van der Waals surface area contributed by atoms with Crippen molar-refractivity contribution in [1.82, 2.24) is 5.32 Å². The van der Waals surface area contributed by atoms with E-state index in [9.17, 15) is 13.2 Å². The molecule has 0 heterocycles. The van der Waals surface area contributed by atoms with E-state index in [1.54, 1.807) is 12.1 Å². The Balaban J connectivity index is 2.70. The van der Waals surface area contributed by atoms with Gasteiger partial charge < -0.3 is 10.1 Å². The van der Waals surface area contributed by atoms with Crippen LogP contribution in [0.2, 0.25) is 0 Å². The van der Waals surface area contributed by atoms with Crippen LogP contribution in [0.4, 0.5) is 13.2 Å². The van der Waals surface area contributed by atoms with Crippen LogP contribution in [-0.4, -0.2) is 18.9 Å². The summed E-state index contributed by atoms with van der Waals surface area (Å²) in [7, 11) is 0. The Kier molecular flexibility index (Phi) is 5.02. The van der Waals surface area contributed by atoms with Gasteiger partial charge in [0.25, 0.3) is 0 Å². The summed E-state index contributed by atoms with van der Waals surface area (Å²) < 4.78 is 39.8. The number of hydrogen-bond acceptors (Lipinski definition) is 2. The van der Waals surface area contributed by atoms with Gasteiger partial charge >= 0.3 is 6.36 Å². The third-order valence-corrected chi connectivity index (χ3v) is 2.92. The Hall–Kier alpha value is -1.23. The second-order valence-electron chi connectivity index (χ2n) is 4.25. The average molecular weight is 261 g/mol. The van der Waals surface area contributed by atoms with Gasteiger partial charge in [-0.1, -0.05) is 26.0 Å². The molecule has 0 saturated carbocycles. The van der Waals surface area contributed by atoms with Gasteiger partial charge in [0.15, 0.2) is 0 Å². The Labute approximate surface area is 105 Å². The third kappa shape index (κ3) is 4.56. The maximum absolute atomic E-state index is 12.0. The van der Waals surface area contributed by atoms with E-state index in [1.807, 2.05) is 20.8 Å². The van der Waals surface area contributed by atoms with Crippen LogP contribution in [0.15, 0.2) is 24.3 Å². The molecule has 18 heavy (non-hydrogen) atoms. The number of nitrogens with one attached hydrogen (secondary N) is 1. The summed E-state index contributed by atoms with van der Waals surface area (Å²) in [4.78, 5) is 0. The standard InChI is InChI=1S/C13H18F3NO/c1-4-17-10(3)9(2)11-5-7-12(8-6-11)18-13(14,15)16/h5-10,17H,4H2,1-3H3. The molecule has 2 nitrogen and oxygen atoms in total. The van der Waals surface area contributed by atoms with Gasteiger partial charge in [0.05, 0.1) is 0 Å². The van der Waals surface area contributed by atoms with E-state index < -0.39 is 6.36 Å². The molecule has 0 saturated heterocycles. The molecule has 0 bridgehead atoms. The molecule has 0 aliphatic carbocycles. The van der Waals surface area contributed by atoms with E-state index in [2.05, 4.69) is 10.1 Å². The van der Waals surface area contributed by atoms with Crippen LogP contribution in [0.25, 0.3) is 0 Å². The molecule has 1 aromatic carbocycles. The fraction of sp³-hybridized carbons (Fsp3) is 0.538. The van der Waals surface area contributed by atoms with Gasteiger partial charge in [0.2, 0.25) is 0 Å². The zero-order valence-corrected chi connectivity index (χ0v) is 10.7. The number of halogens is 3. The predicted octanol–water partition coefficient (Wildman–Crippen LogP) is 3.69. The number of hydrogen-bond donors (Lipinski definition) is 1. The monoisotopic (exact) mass is 261 g/mol. The molecule has 0 spiro atoms. The highest BCUT2D eigenvalue weighted by atomic mass is 19.4. The molecule has 0 radical (unpaired) electrons. The number of benzene rings is 1. The fourth-order valence-corrected chi connectivity index (χ4v) is 1.76. The van der Waals surface area contributed by atoms with E-state index in [0.717, 1.165) is 12.1 Å². The molecule has 0 aromatic heterocycles. The number of alkyl halides is 3. The largest absolute Gasteiger partial charge is 0.573 e. The minimum absolute atomic E-state index is 0.186. The minimum atomic E-state index is -4.63. The molecular weight excluding hydrogens is 243 g/mol. The van der Waals surface area contributed by atoms with E-state index in [-0.39, 0.29) is 17.7 Å². The number of ether oxygens (including phenoxy) is 1. The molecule has 1 aromatic rings. The van der Waals surface area contributed by atoms with Gasteiger partial charge in [-0.15, -0.1) is 13.2 Å². The van der Waals surface area contributed by atoms with Crippen molar-refractivity contribution in [3.8, 4) is 5.75 Å². The number of rotatable bonds is 5. The van der Waals surface area contributed by atoms with Crippen molar-refractivity contribution in [2.24, 2.45) is 0 Å². The highest BCUT2D eigenvalue weighted by molar-refractivity contribution is 5.30. The lowest BCUT2D eigenvalue weighted by Crippen LogP contribution is -2.30. The molecule has 0 amide bonds. The van der Waals surface area contributed by atoms with E-state index in [4.69, 9.17) is 0 Å². The van der Waals surface area contributed by atoms with Gasteiger partial charge in [-0.3, -0.25) is 0 Å². The average Bonchev–Trinajstić information content (AvgIpc) is 2.27. The third-order valence-electron chi connectivity index (χ3n) is 2.92. The van der Waals surface area contributed by atoms with Crippen LogP contribution in [0.3, 0.4) is 0 Å². The van der Waals surface area contributed by atoms with Crippen molar-refractivity contribution >= 4 is 0 Å². The summed E-state index contributed by atoms with van der Waals surface area (Å²) in [6.45, 7) is 6.96. The quantitative estimate of drug-likeness (QED) is 0.872. The zero-order chi connectivity index (χ0) is 13.8. The fourth-order valence-electron chi connectivity index (χ4n) is 1.76. The molecular formula is C13H18F3NO. The summed E-state index contributed by atoms with van der Waals surface area (Å²) >= 11 is 0. The van der Waals surface area contributed by atoms with Gasteiger partial charge in [-0.2, -0.15) is 0 Å². The molecule has 102 valence electrons. The topological polar surface area (TPSA) is 21.3 Å². The summed E-state index contributed by atoms with van der Waals surface area (Å²) in [5.41, 5.74) is 0.984. The summed E-state index contributed by atoms with van der Waals surface area (Å²) in [5, 5.41) is 3.29. The molecule has 2 unspecified atom stereocenters. The van der Waals surface area contributed by atoms with Crippen LogP contribution < -0.4 is 10.1 Å². The molecule has 1 rings (SSSR count). The Morgan fingerprint density at radius 2 is 1.72 bits per heavy atom. The lowest BCUT2D eigenvalue weighted by atomic mass is 9.94. The van der Waals surface area contributed by atoms with E-state index in [0.29, 0.717) is 0 Å². The SMILES string of the molecule is CCNC(C)C(C)c1ccc(OC(F)(F)F)cc1. The number of likely N-dealkylation sites (N-methyl/N-ethyl adjacent to an activating group) is 1. The maximum Gasteiger partial charge on any atom is 0.573 e. The van der Waals surface area contributed by atoms with Crippen LogP contribution >= 0.6 is 0 Å². The highest BCUT2D eigenvalue weighted by Gasteiger charge is 2.31. The van der Waals surface area contributed by atoms with Gasteiger partial charge in [0, 0.05) is 6.04 Å². The second kappa shape index (κ2) is 6.09. The summed E-state index contributed by atoms with van der Waals surface area (Å²) in [5.74, 6) is 0.0411. The summed E-state index contributed by atoms with van der Waals surface area (Å²) in [6, 6.07) is 6.29. The first kappa shape index (κ1) is 14.8. The first-order valence-corrected chi connectivity index (χ1v) is 5.92. The van der Waals surface area contributed by atoms with Crippen LogP contribution in [0.5, 0.6) is 5.75 Å². The van der Waals surface area contributed by atoms with Crippen molar-refractivity contribution in [2.45, 2.75) is 39.1 Å². The first-order valence-electron chi connectivity index (χ1n) is 5.92. The van der Waals surface area contributed by atoms with Crippen molar-refractivity contribution in [1.29, 1.82) is 0 Å². The highest BCUT2D eigenvalue weighted by Crippen LogP contribution is 2.26. The molecule has 0 aliphatic rings. The van der Waals surface area contributed by atoms with Crippen molar-refractivity contribution in [3.63, 3.8) is 0 Å². The smallest absolute Gasteiger partial charge is 0.406 e. The summed E-state index contributed by atoms with van der Waals surface area (Å²) in [6.07, 6.45) is -4.63. The first-order chi connectivity index (χ1) is 8.33. The second-order valence-corrected chi connectivity index (χ2v) is 4.25. The molecule has 0 fully saturated rings. The van der Waals surface area contributed by atoms with E-state index >= 15 is 0 Å².